The molecule has 7 amide bonds. The molecule has 48 heteroatoms. The topological polar surface area (TPSA) is 578 Å². The predicted octanol–water partition coefficient (Wildman–Crippen LogP) is 14.7. The number of amides is 7. The van der Waals surface area contributed by atoms with Crippen LogP contribution >= 0.6 is 15.6 Å². The summed E-state index contributed by atoms with van der Waals surface area (Å²) in [7, 11) is -2.74. The Morgan fingerprint density at radius 3 is 1.54 bits per heavy atom. The van der Waals surface area contributed by atoms with Crippen molar-refractivity contribution in [2.45, 2.75) is 155 Å². The van der Waals surface area contributed by atoms with Crippen LogP contribution in [0.3, 0.4) is 0 Å². The minimum absolute atomic E-state index is 0.00139. The van der Waals surface area contributed by atoms with Gasteiger partial charge in [-0.05, 0) is 133 Å². The Morgan fingerprint density at radius 2 is 1.06 bits per heavy atom. The first-order valence-corrected chi connectivity index (χ1v) is 49.3. The normalized spacial score (nSPS) is 15.9. The van der Waals surface area contributed by atoms with Crippen LogP contribution in [0.5, 0.6) is 0 Å². The average molecular weight is 2020 g/mol. The average Bonchev–Trinajstić information content (AvgIpc) is 1.52. The van der Waals surface area contributed by atoms with Crippen LogP contribution in [0.4, 0.5) is 50.3 Å². The van der Waals surface area contributed by atoms with Crippen LogP contribution in [0.2, 0.25) is 0 Å². The number of nitriles is 2. The maximum Gasteiger partial charge on any atom is 0.475 e. The van der Waals surface area contributed by atoms with E-state index < -0.39 is 79.8 Å². The summed E-state index contributed by atoms with van der Waals surface area (Å²) in [4.78, 5) is 136. The lowest BCUT2D eigenvalue weighted by Gasteiger charge is -2.34. The number of fused-ring (bicyclic) bond motifs is 2. The quantitative estimate of drug-likeness (QED) is 0.00346. The van der Waals surface area contributed by atoms with E-state index in [1.165, 1.54) is 45.3 Å². The molecule has 142 heavy (non-hydrogen) atoms. The molecule has 2 fully saturated rings. The van der Waals surface area contributed by atoms with Crippen LogP contribution in [0.1, 0.15) is 130 Å². The van der Waals surface area contributed by atoms with Gasteiger partial charge in [-0.15, -0.1) is 10.2 Å². The standard InChI is InChI=1S/C50H65N10O15P.C44H61N8O13P/c1-5-58(38-19-17-37(18-20-38)55-56-41-21-22-42(60(66)67)40-15-7-6-14-39(40)41)27-31-71-57-35(2)12-8-16-46(62)53-26-9-13-36-33-59(50(65)54-49(36)64)47-32-43(44(74-47)34-69-4)75-76(68,72-29-10-25-51)73-30-11-28-70-48(63)24-23-45(61)52-3;1-5-51(36-18-16-35(17-19-36)48-49-40-20-21-41(52(56)57)39-14-7-6-13-38(39)40)26-31-62-50-34(2)12-8-15-43(54)47-25-10-27-60-33-37(32-59-4)65-66(58,63-29-9-24-45)64-30-11-28-61-44(55)23-22-42(53)46-3/h6-7,9,13-15,17-22,36,43-44,47H,5,8,10-12,16,23-24,26-34H2,1-4H3,(H,52,61)(H,53,62)(H,54,64,65);6-7,13-14,16-21,37H,5,8-12,15,22-23,25-33H2,1-4H3,(H,46,53)(H,47,54)/b13-9+,56-55?,57-35+;49-48?,50-34+. The summed E-state index contributed by atoms with van der Waals surface area (Å²) < 4.78 is 92.7. The smallest absolute Gasteiger partial charge is 0.466 e. The summed E-state index contributed by atoms with van der Waals surface area (Å²) in [5, 5.41) is 81.8. The molecule has 2 aliphatic rings. The molecule has 0 spiro atoms. The van der Waals surface area contributed by atoms with Crippen molar-refractivity contribution in [2.75, 3.05) is 163 Å². The second kappa shape index (κ2) is 64.4. The molecule has 0 aromatic heterocycles. The Kier molecular flexibility index (Phi) is 52.5. The molecule has 0 bridgehead atoms. The number of nitrogens with one attached hydrogen (secondary N) is 5. The molecule has 46 nitrogen and oxygen atoms in total. The molecule has 8 rings (SSSR count). The molecule has 2 saturated heterocycles. The van der Waals surface area contributed by atoms with Crippen LogP contribution in [0.25, 0.3) is 21.5 Å². The second-order valence-corrected chi connectivity index (χ2v) is 34.9. The van der Waals surface area contributed by atoms with Crippen molar-refractivity contribution in [2.24, 2.45) is 36.7 Å². The van der Waals surface area contributed by atoms with Gasteiger partial charge in [-0.1, -0.05) is 58.9 Å². The number of phosphoric acid groups is 2. The van der Waals surface area contributed by atoms with Gasteiger partial charge in [0.1, 0.15) is 37.8 Å². The van der Waals surface area contributed by atoms with Gasteiger partial charge in [0.2, 0.25) is 29.5 Å². The number of rotatable bonds is 66. The van der Waals surface area contributed by atoms with E-state index in [0.717, 1.165) is 29.3 Å². The summed E-state index contributed by atoms with van der Waals surface area (Å²) in [5.74, 6) is -3.41. The van der Waals surface area contributed by atoms with Gasteiger partial charge in [0.05, 0.1) is 171 Å². The van der Waals surface area contributed by atoms with Crippen LogP contribution in [-0.4, -0.2) is 252 Å². The Hall–Kier alpha value is -13.1. The van der Waals surface area contributed by atoms with Crippen molar-refractivity contribution < 1.29 is 123 Å². The SMILES string of the molecule is CCN(CCO/N=C(\C)CCCC(=O)NC/C=C/C1CN(C2CC(OP(=O)(OCCC#N)OCCCOC(=O)CCC(=O)NC)C(COC)O2)C(=O)NC1=O)c1ccc(N=Nc2ccc([N+](=O)[O-])c3ccccc23)cc1.CCN(CCO/N=C(\C)CCCC(=O)NCCCOCC(COC)OP(=O)(OCCC#N)OCCCOC(=O)CCC(=O)NC)c1ccc(N=Nc2ccc([N+](=O)[O-])c3ccccc23)cc1. The molecule has 0 aliphatic carbocycles. The number of carbonyl (C=O) groups is 8. The Balaban J connectivity index is 0.000000390. The largest absolute Gasteiger partial charge is 0.475 e. The zero-order chi connectivity index (χ0) is 103. The van der Waals surface area contributed by atoms with Crippen molar-refractivity contribution >= 4 is 142 Å². The van der Waals surface area contributed by atoms with Crippen LogP contribution in [0, 0.1) is 48.8 Å². The van der Waals surface area contributed by atoms with Gasteiger partial charge in [-0.25, -0.2) is 13.9 Å². The molecule has 5 N–H and O–H groups in total. The Labute approximate surface area is 823 Å². The number of imide groups is 1. The monoisotopic (exact) mass is 2020 g/mol. The van der Waals surface area contributed by atoms with Crippen molar-refractivity contribution in [3.63, 3.8) is 0 Å². The summed E-state index contributed by atoms with van der Waals surface area (Å²) in [5.41, 5.74) is 5.76. The molecule has 7 atom stereocenters. The molecule has 2 aliphatic heterocycles. The van der Waals surface area contributed by atoms with E-state index in [1.54, 1.807) is 72.8 Å². The third kappa shape index (κ3) is 42.0. The van der Waals surface area contributed by atoms with E-state index in [1.807, 2.05) is 88.4 Å². The summed E-state index contributed by atoms with van der Waals surface area (Å²) in [6.45, 7) is 10.6. The van der Waals surface area contributed by atoms with E-state index in [4.69, 9.17) is 75.8 Å². The number of azo groups is 2. The summed E-state index contributed by atoms with van der Waals surface area (Å²) >= 11 is 0. The Morgan fingerprint density at radius 1 is 0.570 bits per heavy atom. The van der Waals surface area contributed by atoms with Crippen molar-refractivity contribution in [3.05, 3.63) is 154 Å². The third-order valence-electron chi connectivity index (χ3n) is 21.2. The molecule has 2 heterocycles. The van der Waals surface area contributed by atoms with Crippen LogP contribution in [0.15, 0.2) is 164 Å². The fraction of sp³-hybridized carbons (Fsp3) is 0.511. The van der Waals surface area contributed by atoms with Gasteiger partial charge in [-0.2, -0.15) is 20.8 Å². The van der Waals surface area contributed by atoms with Crippen molar-refractivity contribution in [1.29, 1.82) is 10.5 Å². The molecular weight excluding hydrogens is 1890 g/mol. The lowest BCUT2D eigenvalue weighted by molar-refractivity contribution is -0.383. The fourth-order valence-corrected chi connectivity index (χ4v) is 16.6. The third-order valence-corrected chi connectivity index (χ3v) is 24.3. The molecule has 6 aromatic rings. The first-order chi connectivity index (χ1) is 68.6. The molecule has 7 unspecified atom stereocenters. The molecular formula is C94H126N18O28P2. The minimum Gasteiger partial charge on any atom is -0.466 e. The number of urea groups is 1. The highest BCUT2D eigenvalue weighted by molar-refractivity contribution is 7.48. The minimum atomic E-state index is -4.36. The lowest BCUT2D eigenvalue weighted by Crippen LogP contribution is -2.57. The van der Waals surface area contributed by atoms with Gasteiger partial charge in [0.25, 0.3) is 11.4 Å². The molecule has 0 radical (unpaired) electrons. The zero-order valence-corrected chi connectivity index (χ0v) is 82.8. The lowest BCUT2D eigenvalue weighted by atomic mass is 10.0. The second-order valence-electron chi connectivity index (χ2n) is 31.7. The number of likely N-dealkylation sites (N-methyl/N-ethyl adjacent to an activating group) is 2. The number of benzene rings is 6. The number of nitro groups is 2. The van der Waals surface area contributed by atoms with Gasteiger partial charge < -0.3 is 69.2 Å². The first kappa shape index (κ1) is 116. The zero-order valence-electron chi connectivity index (χ0n) is 81.0. The highest BCUT2D eigenvalue weighted by atomic mass is 31.2. The van der Waals surface area contributed by atoms with Crippen molar-refractivity contribution in [3.8, 4) is 12.1 Å². The van der Waals surface area contributed by atoms with Gasteiger partial charge in [-0.3, -0.25) is 91.1 Å². The molecule has 0 saturated carbocycles. The number of ether oxygens (including phenoxy) is 6. The highest BCUT2D eigenvalue weighted by Crippen LogP contribution is 2.54. The number of phosphoric ester groups is 2. The predicted molar refractivity (Wildman–Crippen MR) is 522 cm³/mol. The van der Waals surface area contributed by atoms with Gasteiger partial charge in [0, 0.05) is 147 Å². The number of nitro benzene ring substituents is 2. The Bertz CT molecular complexity index is 5430. The van der Waals surface area contributed by atoms with Crippen molar-refractivity contribution in [1.82, 2.24) is 31.5 Å². The van der Waals surface area contributed by atoms with E-state index in [9.17, 15) is 67.7 Å². The summed E-state index contributed by atoms with van der Waals surface area (Å²) in [6.07, 6.45) is 2.67. The highest BCUT2D eigenvalue weighted by Gasteiger charge is 2.47. The number of methoxy groups -OCH3 is 2. The van der Waals surface area contributed by atoms with Gasteiger partial charge >= 0.3 is 33.6 Å². The van der Waals surface area contributed by atoms with Crippen LogP contribution < -0.4 is 36.4 Å². The van der Waals surface area contributed by atoms with E-state index in [2.05, 4.69) is 67.2 Å². The van der Waals surface area contributed by atoms with E-state index in [0.29, 0.717) is 122 Å². The number of hydrogen-bond donors (Lipinski definition) is 5. The number of nitrogens with zero attached hydrogens (tertiary/aromatic N) is 13. The van der Waals surface area contributed by atoms with Gasteiger partial charge in [0.15, 0.2) is 0 Å². The number of oxime groups is 2. The number of carbonyl (C=O) groups excluding carboxylic acids is 8. The van der Waals surface area contributed by atoms with Crippen LogP contribution in [-0.2, 0) is 108 Å². The maximum absolute atomic E-state index is 13.8. The first-order valence-electron chi connectivity index (χ1n) is 46.4. The molecule has 770 valence electrons. The number of non-ortho nitro benzene ring substituents is 2. The fourth-order valence-electron chi connectivity index (χ4n) is 13.8. The number of anilines is 2. The molecule has 6 aromatic carbocycles. The van der Waals surface area contributed by atoms with E-state index >= 15 is 0 Å². The maximum atomic E-state index is 13.8. The number of hydrogen-bond acceptors (Lipinski definition) is 38. The summed E-state index contributed by atoms with van der Waals surface area (Å²) in [6, 6.07) is 38.3. The van der Waals surface area contributed by atoms with E-state index in [-0.39, 0.29) is 178 Å². The number of esters is 2.